The van der Waals surface area contributed by atoms with Crippen molar-refractivity contribution in [1.82, 2.24) is 10.2 Å². The molecule has 0 aromatic heterocycles. The van der Waals surface area contributed by atoms with Crippen LogP contribution in [0, 0.1) is 0 Å². The number of nitrogens with one attached hydrogen (secondary N) is 1. The van der Waals surface area contributed by atoms with E-state index in [0.29, 0.717) is 52.7 Å². The zero-order valence-electron chi connectivity index (χ0n) is 13.0. The van der Waals surface area contributed by atoms with Crippen LogP contribution in [0.5, 0.6) is 0 Å². The number of amides is 1. The van der Waals surface area contributed by atoms with Crippen molar-refractivity contribution in [3.8, 4) is 0 Å². The van der Waals surface area contributed by atoms with Crippen LogP contribution in [0.4, 0.5) is 0 Å². The molecule has 1 heterocycles. The van der Waals surface area contributed by atoms with Gasteiger partial charge in [-0.1, -0.05) is 0 Å². The number of rotatable bonds is 10. The third-order valence-electron chi connectivity index (χ3n) is 3.24. The highest BCUT2D eigenvalue weighted by Gasteiger charge is 2.22. The second kappa shape index (κ2) is 10.9. The zero-order chi connectivity index (χ0) is 15.5. The van der Waals surface area contributed by atoms with Crippen LogP contribution in [0.2, 0.25) is 0 Å². The van der Waals surface area contributed by atoms with Gasteiger partial charge < -0.3 is 29.5 Å². The highest BCUT2D eigenvalue weighted by Crippen LogP contribution is 2.00. The number of carbonyl (C=O) groups excluding carboxylic acids is 1. The molecule has 0 spiro atoms. The Morgan fingerprint density at radius 3 is 2.67 bits per heavy atom. The van der Waals surface area contributed by atoms with Gasteiger partial charge in [-0.25, -0.2) is 0 Å². The van der Waals surface area contributed by atoms with Crippen LogP contribution < -0.4 is 5.32 Å². The molecule has 0 bridgehead atoms. The largest absolute Gasteiger partial charge is 0.389 e. The van der Waals surface area contributed by atoms with Gasteiger partial charge in [-0.3, -0.25) is 4.79 Å². The minimum absolute atomic E-state index is 0.0442. The minimum atomic E-state index is -0.633. The van der Waals surface area contributed by atoms with Crippen molar-refractivity contribution in [2.24, 2.45) is 0 Å². The van der Waals surface area contributed by atoms with E-state index in [1.165, 1.54) is 0 Å². The highest BCUT2D eigenvalue weighted by atomic mass is 16.5. The molecule has 124 valence electrons. The smallest absolute Gasteiger partial charge is 0.239 e. The van der Waals surface area contributed by atoms with Crippen molar-refractivity contribution >= 4 is 5.91 Å². The van der Waals surface area contributed by atoms with Gasteiger partial charge in [-0.15, -0.1) is 0 Å². The fourth-order valence-corrected chi connectivity index (χ4v) is 2.00. The summed E-state index contributed by atoms with van der Waals surface area (Å²) in [6.07, 6.45) is -0.633. The molecule has 0 saturated carbocycles. The van der Waals surface area contributed by atoms with Crippen LogP contribution in [0.15, 0.2) is 0 Å². The van der Waals surface area contributed by atoms with Crippen LogP contribution in [0.1, 0.15) is 13.8 Å². The molecule has 21 heavy (non-hydrogen) atoms. The van der Waals surface area contributed by atoms with E-state index in [2.05, 4.69) is 5.32 Å². The van der Waals surface area contributed by atoms with Crippen LogP contribution >= 0.6 is 0 Å². The third-order valence-corrected chi connectivity index (χ3v) is 3.24. The number of hydrogen-bond donors (Lipinski definition) is 2. The first-order valence-electron chi connectivity index (χ1n) is 7.58. The summed E-state index contributed by atoms with van der Waals surface area (Å²) < 4.78 is 15.6. The summed E-state index contributed by atoms with van der Waals surface area (Å²) in [6, 6.07) is -0.318. The quantitative estimate of drug-likeness (QED) is 0.516. The van der Waals surface area contributed by atoms with Gasteiger partial charge in [-0.05, 0) is 13.8 Å². The number of ether oxygens (including phenoxy) is 3. The SMILES string of the molecule is CCOCCOCC(O)CNC(C)C(=O)N1CCOCC1. The first-order chi connectivity index (χ1) is 10.1. The van der Waals surface area contributed by atoms with Crippen molar-refractivity contribution in [3.05, 3.63) is 0 Å². The molecule has 1 saturated heterocycles. The predicted molar refractivity (Wildman–Crippen MR) is 78.2 cm³/mol. The van der Waals surface area contributed by atoms with E-state index < -0.39 is 6.10 Å². The van der Waals surface area contributed by atoms with Crippen molar-refractivity contribution in [3.63, 3.8) is 0 Å². The number of nitrogens with zero attached hydrogens (tertiary/aromatic N) is 1. The second-order valence-corrected chi connectivity index (χ2v) is 4.99. The first kappa shape index (κ1) is 18.3. The van der Waals surface area contributed by atoms with E-state index in [1.807, 2.05) is 6.92 Å². The Balaban J connectivity index is 2.10. The lowest BCUT2D eigenvalue weighted by Crippen LogP contribution is -2.50. The van der Waals surface area contributed by atoms with E-state index >= 15 is 0 Å². The van der Waals surface area contributed by atoms with E-state index in [9.17, 15) is 9.90 Å². The van der Waals surface area contributed by atoms with Gasteiger partial charge in [0.1, 0.15) is 0 Å². The topological polar surface area (TPSA) is 80.3 Å². The van der Waals surface area contributed by atoms with Crippen LogP contribution in [0.3, 0.4) is 0 Å². The number of hydrogen-bond acceptors (Lipinski definition) is 6. The van der Waals surface area contributed by atoms with Crippen molar-refractivity contribution in [1.29, 1.82) is 0 Å². The maximum atomic E-state index is 12.1. The molecule has 2 N–H and O–H groups in total. The Bertz CT molecular complexity index is 285. The predicted octanol–water partition coefficient (Wildman–Crippen LogP) is -0.763. The van der Waals surface area contributed by atoms with Crippen LogP contribution in [-0.4, -0.2) is 87.3 Å². The number of carbonyl (C=O) groups is 1. The summed E-state index contributed by atoms with van der Waals surface area (Å²) in [5.41, 5.74) is 0. The van der Waals surface area contributed by atoms with E-state index in [1.54, 1.807) is 11.8 Å². The summed E-state index contributed by atoms with van der Waals surface area (Å²) in [7, 11) is 0. The molecule has 1 rings (SSSR count). The molecule has 7 heteroatoms. The Hall–Kier alpha value is -0.730. The Morgan fingerprint density at radius 1 is 1.33 bits per heavy atom. The molecule has 1 aliphatic rings. The van der Waals surface area contributed by atoms with Gasteiger partial charge in [0.2, 0.25) is 5.91 Å². The van der Waals surface area contributed by atoms with E-state index in [0.717, 1.165) is 0 Å². The summed E-state index contributed by atoms with van der Waals surface area (Å²) in [4.78, 5) is 13.9. The summed E-state index contributed by atoms with van der Waals surface area (Å²) >= 11 is 0. The number of aliphatic hydroxyl groups excluding tert-OH is 1. The van der Waals surface area contributed by atoms with E-state index in [4.69, 9.17) is 14.2 Å². The molecule has 7 nitrogen and oxygen atoms in total. The molecular weight excluding hydrogens is 276 g/mol. The van der Waals surface area contributed by atoms with Gasteiger partial charge in [-0.2, -0.15) is 0 Å². The molecule has 1 aliphatic heterocycles. The van der Waals surface area contributed by atoms with Crippen LogP contribution in [-0.2, 0) is 19.0 Å². The maximum absolute atomic E-state index is 12.1. The molecule has 0 radical (unpaired) electrons. The summed E-state index contributed by atoms with van der Waals surface area (Å²) in [6.45, 7) is 8.40. The Morgan fingerprint density at radius 2 is 2.00 bits per heavy atom. The lowest BCUT2D eigenvalue weighted by Gasteiger charge is -2.29. The number of morpholine rings is 1. The summed E-state index contributed by atoms with van der Waals surface area (Å²) in [5.74, 6) is 0.0442. The molecule has 0 aromatic carbocycles. The maximum Gasteiger partial charge on any atom is 0.239 e. The van der Waals surface area contributed by atoms with Gasteiger partial charge in [0, 0.05) is 26.2 Å². The fraction of sp³-hybridized carbons (Fsp3) is 0.929. The monoisotopic (exact) mass is 304 g/mol. The Kier molecular flexibility index (Phi) is 9.53. The molecule has 1 fully saturated rings. The van der Waals surface area contributed by atoms with Gasteiger partial charge in [0.25, 0.3) is 0 Å². The molecular formula is C14H28N2O5. The molecule has 0 aromatic rings. The third kappa shape index (κ3) is 7.73. The second-order valence-electron chi connectivity index (χ2n) is 4.99. The molecule has 1 amide bonds. The normalized spacial score (nSPS) is 18.5. The average Bonchev–Trinajstić information content (AvgIpc) is 2.52. The zero-order valence-corrected chi connectivity index (χ0v) is 13.0. The summed E-state index contributed by atoms with van der Waals surface area (Å²) in [5, 5.41) is 12.8. The molecule has 2 atom stereocenters. The number of aliphatic hydroxyl groups is 1. The van der Waals surface area contributed by atoms with Gasteiger partial charge in [0.15, 0.2) is 0 Å². The van der Waals surface area contributed by atoms with Crippen LogP contribution in [0.25, 0.3) is 0 Å². The van der Waals surface area contributed by atoms with Crippen molar-refractivity contribution in [2.45, 2.75) is 26.0 Å². The Labute approximate surface area is 126 Å². The fourth-order valence-electron chi connectivity index (χ4n) is 2.00. The minimum Gasteiger partial charge on any atom is -0.389 e. The van der Waals surface area contributed by atoms with Crippen molar-refractivity contribution in [2.75, 3.05) is 59.3 Å². The standard InChI is InChI=1S/C14H28N2O5/c1-3-19-8-9-21-11-13(17)10-15-12(2)14(18)16-4-6-20-7-5-16/h12-13,15,17H,3-11H2,1-2H3. The lowest BCUT2D eigenvalue weighted by molar-refractivity contribution is -0.137. The molecule has 0 aliphatic carbocycles. The first-order valence-corrected chi connectivity index (χ1v) is 7.58. The van der Waals surface area contributed by atoms with Gasteiger partial charge in [0.05, 0.1) is 45.2 Å². The van der Waals surface area contributed by atoms with Gasteiger partial charge >= 0.3 is 0 Å². The van der Waals surface area contributed by atoms with E-state index in [-0.39, 0.29) is 18.6 Å². The lowest BCUT2D eigenvalue weighted by atomic mass is 10.2. The molecule has 2 unspecified atom stereocenters. The van der Waals surface area contributed by atoms with Crippen molar-refractivity contribution < 1.29 is 24.1 Å². The highest BCUT2D eigenvalue weighted by molar-refractivity contribution is 5.81. The average molecular weight is 304 g/mol.